The summed E-state index contributed by atoms with van der Waals surface area (Å²) in [6.07, 6.45) is 0. The van der Waals surface area contributed by atoms with Gasteiger partial charge in [0.05, 0.1) is 18.5 Å². The molecule has 5 nitrogen and oxygen atoms in total. The van der Waals surface area contributed by atoms with Crippen molar-refractivity contribution < 1.29 is 13.9 Å². The van der Waals surface area contributed by atoms with Crippen LogP contribution < -0.4 is 15.8 Å². The Hall–Kier alpha value is -2.43. The standard InChI is InChI=1S/C13H14N2O3/c1-8-3-6-12(18-8)13(16)15-11-5-4-9(17-2)7-10(11)14/h3-7H,14H2,1-2H3,(H,15,16). The van der Waals surface area contributed by atoms with Crippen LogP contribution in [0.5, 0.6) is 5.75 Å². The number of nitrogens with two attached hydrogens (primary N) is 1. The van der Waals surface area contributed by atoms with Crippen LogP contribution in [0.4, 0.5) is 11.4 Å². The van der Waals surface area contributed by atoms with Gasteiger partial charge in [-0.25, -0.2) is 0 Å². The zero-order chi connectivity index (χ0) is 13.1. The molecule has 0 bridgehead atoms. The third-order valence-electron chi connectivity index (χ3n) is 2.47. The number of furan rings is 1. The van der Waals surface area contributed by atoms with Gasteiger partial charge in [-0.05, 0) is 31.2 Å². The van der Waals surface area contributed by atoms with Crippen molar-refractivity contribution in [2.24, 2.45) is 0 Å². The second kappa shape index (κ2) is 4.83. The van der Waals surface area contributed by atoms with E-state index in [1.54, 1.807) is 44.4 Å². The number of anilines is 2. The van der Waals surface area contributed by atoms with Crippen LogP contribution in [0, 0.1) is 6.92 Å². The van der Waals surface area contributed by atoms with Crippen LogP contribution in [-0.2, 0) is 0 Å². The second-order valence-corrected chi connectivity index (χ2v) is 3.82. The first-order valence-corrected chi connectivity index (χ1v) is 5.41. The number of amides is 1. The van der Waals surface area contributed by atoms with E-state index in [2.05, 4.69) is 5.32 Å². The number of ether oxygens (including phenoxy) is 1. The molecular formula is C13H14N2O3. The van der Waals surface area contributed by atoms with E-state index in [1.807, 2.05) is 0 Å². The third-order valence-corrected chi connectivity index (χ3v) is 2.47. The van der Waals surface area contributed by atoms with Gasteiger partial charge in [-0.1, -0.05) is 0 Å². The highest BCUT2D eigenvalue weighted by molar-refractivity contribution is 6.04. The van der Waals surface area contributed by atoms with E-state index in [1.165, 1.54) is 0 Å². The summed E-state index contributed by atoms with van der Waals surface area (Å²) >= 11 is 0. The summed E-state index contributed by atoms with van der Waals surface area (Å²) in [6, 6.07) is 8.39. The Morgan fingerprint density at radius 2 is 2.11 bits per heavy atom. The number of carbonyl (C=O) groups excluding carboxylic acids is 1. The minimum atomic E-state index is -0.333. The van der Waals surface area contributed by atoms with E-state index in [0.717, 1.165) is 0 Å². The highest BCUT2D eigenvalue weighted by atomic mass is 16.5. The summed E-state index contributed by atoms with van der Waals surface area (Å²) in [6.45, 7) is 1.78. The molecule has 0 fully saturated rings. The molecule has 3 N–H and O–H groups in total. The van der Waals surface area contributed by atoms with Crippen molar-refractivity contribution >= 4 is 17.3 Å². The minimum Gasteiger partial charge on any atom is -0.497 e. The van der Waals surface area contributed by atoms with Gasteiger partial charge in [0.2, 0.25) is 0 Å². The maximum Gasteiger partial charge on any atom is 0.291 e. The van der Waals surface area contributed by atoms with Gasteiger partial charge in [0.15, 0.2) is 5.76 Å². The summed E-state index contributed by atoms with van der Waals surface area (Å²) in [5, 5.41) is 2.68. The third kappa shape index (κ3) is 2.45. The number of nitrogen functional groups attached to an aromatic ring is 1. The quantitative estimate of drug-likeness (QED) is 0.815. The fourth-order valence-electron chi connectivity index (χ4n) is 1.52. The van der Waals surface area contributed by atoms with Gasteiger partial charge in [0, 0.05) is 6.07 Å². The summed E-state index contributed by atoms with van der Waals surface area (Å²) in [5.41, 5.74) is 6.76. The largest absolute Gasteiger partial charge is 0.497 e. The topological polar surface area (TPSA) is 77.5 Å². The van der Waals surface area contributed by atoms with Gasteiger partial charge in [-0.15, -0.1) is 0 Å². The predicted molar refractivity (Wildman–Crippen MR) is 68.8 cm³/mol. The summed E-state index contributed by atoms with van der Waals surface area (Å²) < 4.78 is 10.3. The molecule has 0 unspecified atom stereocenters. The molecule has 0 aliphatic rings. The SMILES string of the molecule is COc1ccc(NC(=O)c2ccc(C)o2)c(N)c1. The number of carbonyl (C=O) groups is 1. The van der Waals surface area contributed by atoms with E-state index in [4.69, 9.17) is 14.9 Å². The number of rotatable bonds is 3. The van der Waals surface area contributed by atoms with Crippen molar-refractivity contribution in [2.75, 3.05) is 18.2 Å². The molecule has 5 heteroatoms. The first-order chi connectivity index (χ1) is 8.60. The van der Waals surface area contributed by atoms with Crippen molar-refractivity contribution in [2.45, 2.75) is 6.92 Å². The molecule has 1 aromatic carbocycles. The molecule has 0 saturated carbocycles. The monoisotopic (exact) mass is 246 g/mol. The lowest BCUT2D eigenvalue weighted by Gasteiger charge is -2.08. The highest BCUT2D eigenvalue weighted by Gasteiger charge is 2.11. The fraction of sp³-hybridized carbons (Fsp3) is 0.154. The molecule has 2 rings (SSSR count). The number of benzene rings is 1. The number of hydrogen-bond donors (Lipinski definition) is 2. The van der Waals surface area contributed by atoms with Crippen LogP contribution in [0.25, 0.3) is 0 Å². The summed E-state index contributed by atoms with van der Waals surface area (Å²) in [5.74, 6) is 1.24. The molecule has 0 aliphatic heterocycles. The zero-order valence-corrected chi connectivity index (χ0v) is 10.2. The van der Waals surface area contributed by atoms with Gasteiger partial charge >= 0.3 is 0 Å². The maximum atomic E-state index is 11.8. The Labute approximate surface area is 105 Å². The first kappa shape index (κ1) is 12.0. The Morgan fingerprint density at radius 1 is 1.33 bits per heavy atom. The Balaban J connectivity index is 2.16. The second-order valence-electron chi connectivity index (χ2n) is 3.82. The average molecular weight is 246 g/mol. The van der Waals surface area contributed by atoms with Crippen LogP contribution in [0.1, 0.15) is 16.3 Å². The van der Waals surface area contributed by atoms with E-state index in [9.17, 15) is 4.79 Å². The Kier molecular flexibility index (Phi) is 3.23. The van der Waals surface area contributed by atoms with Crippen molar-refractivity contribution in [3.8, 4) is 5.75 Å². The van der Waals surface area contributed by atoms with Crippen molar-refractivity contribution in [3.05, 3.63) is 41.9 Å². The van der Waals surface area contributed by atoms with Crippen molar-refractivity contribution in [3.63, 3.8) is 0 Å². The molecule has 1 heterocycles. The Morgan fingerprint density at radius 3 is 2.67 bits per heavy atom. The molecule has 0 radical (unpaired) electrons. The van der Waals surface area contributed by atoms with Crippen LogP contribution >= 0.6 is 0 Å². The minimum absolute atomic E-state index is 0.253. The number of hydrogen-bond acceptors (Lipinski definition) is 4. The van der Waals surface area contributed by atoms with Crippen LogP contribution in [0.3, 0.4) is 0 Å². The molecule has 0 spiro atoms. The molecule has 94 valence electrons. The normalized spacial score (nSPS) is 10.1. The van der Waals surface area contributed by atoms with Crippen molar-refractivity contribution in [1.82, 2.24) is 0 Å². The van der Waals surface area contributed by atoms with E-state index in [0.29, 0.717) is 22.9 Å². The number of methoxy groups -OCH3 is 1. The molecule has 0 aliphatic carbocycles. The highest BCUT2D eigenvalue weighted by Crippen LogP contribution is 2.24. The zero-order valence-electron chi connectivity index (χ0n) is 10.2. The van der Waals surface area contributed by atoms with Gasteiger partial charge in [0.25, 0.3) is 5.91 Å². The van der Waals surface area contributed by atoms with E-state index in [-0.39, 0.29) is 11.7 Å². The van der Waals surface area contributed by atoms with Crippen LogP contribution in [-0.4, -0.2) is 13.0 Å². The fourth-order valence-corrected chi connectivity index (χ4v) is 1.52. The smallest absolute Gasteiger partial charge is 0.291 e. The molecule has 18 heavy (non-hydrogen) atoms. The van der Waals surface area contributed by atoms with Gasteiger partial charge in [-0.3, -0.25) is 4.79 Å². The van der Waals surface area contributed by atoms with E-state index >= 15 is 0 Å². The molecule has 0 saturated heterocycles. The van der Waals surface area contributed by atoms with E-state index < -0.39 is 0 Å². The molecular weight excluding hydrogens is 232 g/mol. The lowest BCUT2D eigenvalue weighted by molar-refractivity contribution is 0.0995. The maximum absolute atomic E-state index is 11.8. The van der Waals surface area contributed by atoms with Gasteiger partial charge in [-0.2, -0.15) is 0 Å². The Bertz CT molecular complexity index is 575. The first-order valence-electron chi connectivity index (χ1n) is 5.41. The lowest BCUT2D eigenvalue weighted by Crippen LogP contribution is -2.12. The summed E-state index contributed by atoms with van der Waals surface area (Å²) in [7, 11) is 1.55. The lowest BCUT2D eigenvalue weighted by atomic mass is 10.2. The van der Waals surface area contributed by atoms with Gasteiger partial charge in [0.1, 0.15) is 11.5 Å². The molecule has 1 amide bonds. The van der Waals surface area contributed by atoms with Crippen molar-refractivity contribution in [1.29, 1.82) is 0 Å². The van der Waals surface area contributed by atoms with Crippen LogP contribution in [0.2, 0.25) is 0 Å². The predicted octanol–water partition coefficient (Wildman–Crippen LogP) is 2.43. The van der Waals surface area contributed by atoms with Crippen LogP contribution in [0.15, 0.2) is 34.7 Å². The molecule has 0 atom stereocenters. The number of aryl methyl sites for hydroxylation is 1. The summed E-state index contributed by atoms with van der Waals surface area (Å²) in [4.78, 5) is 11.8. The van der Waals surface area contributed by atoms with Gasteiger partial charge < -0.3 is 20.2 Å². The number of nitrogens with one attached hydrogen (secondary N) is 1. The molecule has 2 aromatic rings. The molecule has 1 aromatic heterocycles. The average Bonchev–Trinajstić information content (AvgIpc) is 2.78.